The summed E-state index contributed by atoms with van der Waals surface area (Å²) >= 11 is 0. The molecular weight excluding hydrogens is 603 g/mol. The molecule has 0 saturated carbocycles. The highest BCUT2D eigenvalue weighted by molar-refractivity contribution is 5.78. The van der Waals surface area contributed by atoms with Crippen LogP contribution in [0, 0.1) is 0 Å². The number of aryl methyl sites for hydroxylation is 2. The van der Waals surface area contributed by atoms with Gasteiger partial charge in [0.15, 0.2) is 0 Å². The number of aromatic nitrogens is 6. The summed E-state index contributed by atoms with van der Waals surface area (Å²) in [5.74, 6) is 3.05. The molecule has 0 unspecified atom stereocenters. The van der Waals surface area contributed by atoms with E-state index in [4.69, 9.17) is 15.0 Å². The van der Waals surface area contributed by atoms with Gasteiger partial charge in [0.1, 0.15) is 17.5 Å². The highest BCUT2D eigenvalue weighted by atomic mass is 15.2. The zero-order valence-electron chi connectivity index (χ0n) is 29.0. The fraction of sp³-hybridized carbons (Fsp3) is 0.357. The maximum absolute atomic E-state index is 5.22. The van der Waals surface area contributed by atoms with E-state index in [9.17, 15) is 0 Å². The second kappa shape index (κ2) is 16.8. The van der Waals surface area contributed by atoms with Gasteiger partial charge in [0.2, 0.25) is 0 Å². The Balaban J connectivity index is 1.42. The van der Waals surface area contributed by atoms with Gasteiger partial charge in [-0.2, -0.15) is 0 Å². The average Bonchev–Trinajstić information content (AvgIpc) is 3.77. The first-order valence-corrected chi connectivity index (χ1v) is 17.9. The molecule has 7 heteroatoms. The molecule has 0 fully saturated rings. The normalized spacial score (nSPS) is 11.2. The van der Waals surface area contributed by atoms with Crippen molar-refractivity contribution in [3.05, 3.63) is 120 Å². The van der Waals surface area contributed by atoms with Crippen molar-refractivity contribution in [1.82, 2.24) is 33.6 Å². The van der Waals surface area contributed by atoms with Crippen molar-refractivity contribution in [3.63, 3.8) is 0 Å². The molecule has 3 heterocycles. The van der Waals surface area contributed by atoms with E-state index in [1.165, 1.54) is 49.6 Å². The molecule has 0 bridgehead atoms. The van der Waals surface area contributed by atoms with Gasteiger partial charge in [0.25, 0.3) is 0 Å². The van der Waals surface area contributed by atoms with E-state index >= 15 is 0 Å². The van der Waals surface area contributed by atoms with Gasteiger partial charge in [-0.25, -0.2) is 15.0 Å². The zero-order chi connectivity index (χ0) is 33.8. The summed E-state index contributed by atoms with van der Waals surface area (Å²) in [6.07, 6.45) is 11.5. The van der Waals surface area contributed by atoms with Crippen LogP contribution < -0.4 is 0 Å². The summed E-state index contributed by atoms with van der Waals surface area (Å²) in [5, 5.41) is 0. The van der Waals surface area contributed by atoms with Crippen LogP contribution in [0.1, 0.15) is 82.7 Å². The topological polar surface area (TPSA) is 56.7 Å². The molecule has 49 heavy (non-hydrogen) atoms. The minimum atomic E-state index is 0.589. The maximum atomic E-state index is 5.22. The van der Waals surface area contributed by atoms with E-state index in [1.54, 1.807) is 0 Å². The van der Waals surface area contributed by atoms with Crippen molar-refractivity contribution in [2.75, 3.05) is 0 Å². The van der Waals surface area contributed by atoms with Gasteiger partial charge in [-0.3, -0.25) is 9.47 Å². The van der Waals surface area contributed by atoms with Crippen LogP contribution in [0.3, 0.4) is 0 Å². The molecule has 6 rings (SSSR count). The Bertz CT molecular complexity index is 2080. The molecule has 0 amide bonds. The number of hydrogen-bond acceptors (Lipinski definition) is 4. The summed E-state index contributed by atoms with van der Waals surface area (Å²) in [7, 11) is 0. The molecule has 0 spiro atoms. The summed E-state index contributed by atoms with van der Waals surface area (Å²) in [6, 6.07) is 25.3. The molecule has 0 N–H and O–H groups in total. The van der Waals surface area contributed by atoms with Crippen LogP contribution >= 0.6 is 0 Å². The largest absolute Gasteiger partial charge is 0.327 e. The second-order valence-electron chi connectivity index (χ2n) is 12.7. The van der Waals surface area contributed by atoms with Gasteiger partial charge >= 0.3 is 0 Å². The smallest absolute Gasteiger partial charge is 0.128 e. The Kier molecular flexibility index (Phi) is 11.6. The lowest BCUT2D eigenvalue weighted by Crippen LogP contribution is -2.27. The molecule has 0 aliphatic heterocycles. The van der Waals surface area contributed by atoms with Gasteiger partial charge in [0.05, 0.1) is 58.9 Å². The summed E-state index contributed by atoms with van der Waals surface area (Å²) in [6.45, 7) is 11.9. The first-order chi connectivity index (χ1) is 24.2. The van der Waals surface area contributed by atoms with Crippen molar-refractivity contribution in [2.24, 2.45) is 0 Å². The molecule has 0 aliphatic carbocycles. The minimum Gasteiger partial charge on any atom is -0.327 e. The number of hydrogen-bond donors (Lipinski definition) is 0. The highest BCUT2D eigenvalue weighted by Gasteiger charge is 2.21. The number of nitrogens with zero attached hydrogens (tertiary/aromatic N) is 7. The lowest BCUT2D eigenvalue weighted by atomic mass is 10.2. The van der Waals surface area contributed by atoms with Crippen LogP contribution in [0.4, 0.5) is 0 Å². The molecule has 3 aromatic heterocycles. The number of imidazole rings is 3. The van der Waals surface area contributed by atoms with Crippen molar-refractivity contribution in [1.29, 1.82) is 0 Å². The molecule has 0 atom stereocenters. The Hall–Kier alpha value is -5.11. The maximum Gasteiger partial charge on any atom is 0.128 e. The standard InChI is InChI=1S/C42H47N7/c1-4-7-10-19-28-47-37-25-16-13-22-34(37)43-40(47)31-46(32-41-44-35-23-14-17-26-38(35)48(41)29-20-11-8-5-2)33-42-45-36-24-15-18-27-39(36)49(42)30-21-12-9-6-3/h13-18,22-28H,1,5-6,8-9,11-12,20-21,29-33H2,2-3H3. The molecule has 250 valence electrons. The van der Waals surface area contributed by atoms with Gasteiger partial charge in [-0.15, -0.1) is 0 Å². The minimum absolute atomic E-state index is 0.589. The number of unbranched alkanes of at least 4 members (excludes halogenated alkanes) is 6. The van der Waals surface area contributed by atoms with Crippen LogP contribution in [0.5, 0.6) is 0 Å². The molecule has 6 aromatic rings. The third-order valence-corrected chi connectivity index (χ3v) is 9.12. The number of fused-ring (bicyclic) bond motifs is 3. The van der Waals surface area contributed by atoms with Crippen molar-refractivity contribution in [2.45, 2.75) is 97.9 Å². The highest BCUT2D eigenvalue weighted by Crippen LogP contribution is 2.25. The Morgan fingerprint density at radius 1 is 0.592 bits per heavy atom. The van der Waals surface area contributed by atoms with Crippen LogP contribution in [0.25, 0.3) is 39.3 Å². The molecule has 0 radical (unpaired) electrons. The summed E-state index contributed by atoms with van der Waals surface area (Å²) in [5.41, 5.74) is 17.8. The van der Waals surface area contributed by atoms with Crippen LogP contribution in [-0.4, -0.2) is 33.6 Å². The fourth-order valence-electron chi connectivity index (χ4n) is 6.68. The van der Waals surface area contributed by atoms with E-state index in [0.717, 1.165) is 65.5 Å². The van der Waals surface area contributed by atoms with Gasteiger partial charge in [-0.05, 0) is 73.0 Å². The predicted molar refractivity (Wildman–Crippen MR) is 201 cm³/mol. The summed E-state index contributed by atoms with van der Waals surface area (Å²) < 4.78 is 6.97. The lowest BCUT2D eigenvalue weighted by Gasteiger charge is -2.23. The molecular formula is C42H47N7. The van der Waals surface area contributed by atoms with Gasteiger partial charge in [0, 0.05) is 13.1 Å². The third-order valence-electron chi connectivity index (χ3n) is 9.12. The Morgan fingerprint density at radius 2 is 1.06 bits per heavy atom. The SMILES string of the molecule is C=C=C=C=C=Cn1c(CN(Cc2nc3ccccc3n2CCCCCC)Cc2nc3ccccc3n2CCCCCC)nc2ccccc21. The Morgan fingerprint density at radius 3 is 1.59 bits per heavy atom. The first-order valence-electron chi connectivity index (χ1n) is 17.9. The van der Waals surface area contributed by atoms with Crippen LogP contribution in [0.15, 0.2) is 102 Å². The van der Waals surface area contributed by atoms with E-state index in [-0.39, 0.29) is 0 Å². The van der Waals surface area contributed by atoms with Crippen molar-refractivity contribution < 1.29 is 0 Å². The van der Waals surface area contributed by atoms with Crippen LogP contribution in [0.2, 0.25) is 0 Å². The summed E-state index contributed by atoms with van der Waals surface area (Å²) in [4.78, 5) is 18.0. The van der Waals surface area contributed by atoms with E-state index in [0.29, 0.717) is 19.6 Å². The quantitative estimate of drug-likeness (QED) is 0.0729. The van der Waals surface area contributed by atoms with Gasteiger partial charge in [-0.1, -0.05) is 94.5 Å². The molecule has 7 nitrogen and oxygen atoms in total. The zero-order valence-corrected chi connectivity index (χ0v) is 29.0. The van der Waals surface area contributed by atoms with Crippen molar-refractivity contribution in [3.8, 4) is 0 Å². The molecule has 3 aromatic carbocycles. The van der Waals surface area contributed by atoms with E-state index in [1.807, 2.05) is 18.3 Å². The molecule has 0 saturated heterocycles. The second-order valence-corrected chi connectivity index (χ2v) is 12.7. The number of benzene rings is 3. The fourth-order valence-corrected chi connectivity index (χ4v) is 6.68. The lowest BCUT2D eigenvalue weighted by molar-refractivity contribution is 0.222. The van der Waals surface area contributed by atoms with E-state index in [2.05, 4.69) is 123 Å². The number of para-hydroxylation sites is 6. The van der Waals surface area contributed by atoms with Crippen LogP contribution in [-0.2, 0) is 32.7 Å². The number of rotatable bonds is 17. The van der Waals surface area contributed by atoms with Gasteiger partial charge < -0.3 is 9.13 Å². The van der Waals surface area contributed by atoms with E-state index < -0.39 is 0 Å². The molecule has 0 aliphatic rings. The predicted octanol–water partition coefficient (Wildman–Crippen LogP) is 9.82. The first kappa shape index (κ1) is 33.8. The monoisotopic (exact) mass is 649 g/mol. The Labute approximate surface area is 289 Å². The van der Waals surface area contributed by atoms with Crippen molar-refractivity contribution >= 4 is 39.3 Å². The average molecular weight is 650 g/mol. The third kappa shape index (κ3) is 8.13.